The highest BCUT2D eigenvalue weighted by Gasteiger charge is 2.20. The van der Waals surface area contributed by atoms with Crippen LogP contribution in [-0.2, 0) is 15.5 Å². The monoisotopic (exact) mass is 176 g/mol. The summed E-state index contributed by atoms with van der Waals surface area (Å²) >= 11 is 0. The average Bonchev–Trinajstić information content (AvgIpc) is 2.52. The molecule has 0 aliphatic carbocycles. The van der Waals surface area contributed by atoms with Crippen molar-refractivity contribution in [2.24, 2.45) is 0 Å². The Kier molecular flexibility index (Phi) is 4.08. The molecule has 2 atom stereocenters. The van der Waals surface area contributed by atoms with Gasteiger partial charge in [-0.05, 0) is 12.8 Å². The van der Waals surface area contributed by atoms with E-state index in [1.807, 2.05) is 0 Å². The summed E-state index contributed by atoms with van der Waals surface area (Å²) in [6.07, 6.45) is 3.22. The zero-order valence-corrected chi connectivity index (χ0v) is 7.86. The smallest absolute Gasteiger partial charge is 0.0610 e. The third kappa shape index (κ3) is 2.91. The van der Waals surface area contributed by atoms with Gasteiger partial charge in [0.15, 0.2) is 0 Å². The van der Waals surface area contributed by atoms with E-state index in [0.29, 0.717) is 5.25 Å². The lowest BCUT2D eigenvalue weighted by molar-refractivity contribution is 0.199. The second-order valence-electron chi connectivity index (χ2n) is 2.92. The third-order valence-corrected chi connectivity index (χ3v) is 3.77. The van der Waals surface area contributed by atoms with E-state index in [9.17, 15) is 4.21 Å². The van der Waals surface area contributed by atoms with Gasteiger partial charge in [-0.25, -0.2) is 0 Å². The Morgan fingerprint density at radius 2 is 2.45 bits per heavy atom. The Bertz CT molecular complexity index is 130. The van der Waals surface area contributed by atoms with Gasteiger partial charge < -0.3 is 4.74 Å². The van der Waals surface area contributed by atoms with E-state index < -0.39 is 10.8 Å². The predicted octanol–water partition coefficient (Wildman–Crippen LogP) is 1.32. The first kappa shape index (κ1) is 9.20. The summed E-state index contributed by atoms with van der Waals surface area (Å²) in [4.78, 5) is 0. The van der Waals surface area contributed by atoms with Gasteiger partial charge in [-0.2, -0.15) is 0 Å². The first-order valence-corrected chi connectivity index (χ1v) is 5.67. The Morgan fingerprint density at radius 3 is 3.00 bits per heavy atom. The van der Waals surface area contributed by atoms with Crippen molar-refractivity contribution >= 4 is 10.8 Å². The fourth-order valence-electron chi connectivity index (χ4n) is 1.17. The summed E-state index contributed by atoms with van der Waals surface area (Å²) in [6, 6.07) is 0. The average molecular weight is 176 g/mol. The second-order valence-corrected chi connectivity index (χ2v) is 4.76. The van der Waals surface area contributed by atoms with Crippen molar-refractivity contribution in [3.8, 4) is 0 Å². The summed E-state index contributed by atoms with van der Waals surface area (Å²) in [6.45, 7) is 3.65. The quantitative estimate of drug-likeness (QED) is 0.646. The molecule has 0 spiro atoms. The molecule has 0 aromatic heterocycles. The molecule has 1 heterocycles. The Morgan fingerprint density at radius 1 is 1.64 bits per heavy atom. The fraction of sp³-hybridized carbons (Fsp3) is 1.00. The largest absolute Gasteiger partial charge is 0.380 e. The Hall–Kier alpha value is 0.110. The summed E-state index contributed by atoms with van der Waals surface area (Å²) in [5.41, 5.74) is 0. The minimum atomic E-state index is -0.620. The van der Waals surface area contributed by atoms with E-state index in [2.05, 4.69) is 6.92 Å². The molecule has 2 unspecified atom stereocenters. The van der Waals surface area contributed by atoms with Gasteiger partial charge in [0, 0.05) is 23.2 Å². The highest BCUT2D eigenvalue weighted by atomic mass is 32.2. The minimum absolute atomic E-state index is 0.335. The maximum Gasteiger partial charge on any atom is 0.0610 e. The van der Waals surface area contributed by atoms with Crippen LogP contribution in [0.15, 0.2) is 0 Å². The van der Waals surface area contributed by atoms with Crippen LogP contribution in [0.4, 0.5) is 0 Å². The molecule has 0 N–H and O–H groups in total. The van der Waals surface area contributed by atoms with Crippen molar-refractivity contribution in [1.29, 1.82) is 0 Å². The number of hydrogen-bond donors (Lipinski definition) is 0. The molecular formula is C8H16O2S. The first-order valence-electron chi connectivity index (χ1n) is 4.29. The van der Waals surface area contributed by atoms with E-state index in [0.717, 1.165) is 38.2 Å². The highest BCUT2D eigenvalue weighted by Crippen LogP contribution is 2.11. The molecular weight excluding hydrogens is 160 g/mol. The van der Waals surface area contributed by atoms with Crippen molar-refractivity contribution in [2.75, 3.05) is 19.0 Å². The molecule has 1 saturated heterocycles. The zero-order chi connectivity index (χ0) is 8.10. The van der Waals surface area contributed by atoms with E-state index in [-0.39, 0.29) is 0 Å². The summed E-state index contributed by atoms with van der Waals surface area (Å²) in [5, 5.41) is 0.335. The van der Waals surface area contributed by atoms with Crippen LogP contribution in [0.2, 0.25) is 0 Å². The van der Waals surface area contributed by atoms with Gasteiger partial charge in [-0.15, -0.1) is 0 Å². The van der Waals surface area contributed by atoms with Gasteiger partial charge in [0.1, 0.15) is 0 Å². The SMILES string of the molecule is CCCCS(=O)C1CCOC1. The van der Waals surface area contributed by atoms with Crippen molar-refractivity contribution in [1.82, 2.24) is 0 Å². The molecule has 0 radical (unpaired) electrons. The van der Waals surface area contributed by atoms with Crippen LogP contribution in [0.5, 0.6) is 0 Å². The van der Waals surface area contributed by atoms with Gasteiger partial charge >= 0.3 is 0 Å². The summed E-state index contributed by atoms with van der Waals surface area (Å²) < 4.78 is 16.6. The summed E-state index contributed by atoms with van der Waals surface area (Å²) in [7, 11) is -0.620. The van der Waals surface area contributed by atoms with Crippen molar-refractivity contribution in [3.05, 3.63) is 0 Å². The normalized spacial score (nSPS) is 27.2. The van der Waals surface area contributed by atoms with Crippen LogP contribution in [0.25, 0.3) is 0 Å². The van der Waals surface area contributed by atoms with E-state index in [1.165, 1.54) is 0 Å². The molecule has 2 nitrogen and oxygen atoms in total. The number of hydrogen-bond acceptors (Lipinski definition) is 2. The van der Waals surface area contributed by atoms with Crippen LogP contribution >= 0.6 is 0 Å². The molecule has 1 aliphatic heterocycles. The van der Waals surface area contributed by atoms with E-state index >= 15 is 0 Å². The number of unbranched alkanes of at least 4 members (excludes halogenated alkanes) is 1. The molecule has 1 rings (SSSR count). The van der Waals surface area contributed by atoms with Gasteiger partial charge in [0.2, 0.25) is 0 Å². The predicted molar refractivity (Wildman–Crippen MR) is 47.1 cm³/mol. The lowest BCUT2D eigenvalue weighted by Crippen LogP contribution is -2.17. The molecule has 0 amide bonds. The molecule has 3 heteroatoms. The zero-order valence-electron chi connectivity index (χ0n) is 7.04. The van der Waals surface area contributed by atoms with E-state index in [1.54, 1.807) is 0 Å². The third-order valence-electron chi connectivity index (χ3n) is 1.96. The molecule has 11 heavy (non-hydrogen) atoms. The molecule has 1 aliphatic rings. The fourth-order valence-corrected chi connectivity index (χ4v) is 2.69. The minimum Gasteiger partial charge on any atom is -0.380 e. The molecule has 0 saturated carbocycles. The molecule has 0 aromatic carbocycles. The molecule has 1 fully saturated rings. The molecule has 0 aromatic rings. The van der Waals surface area contributed by atoms with Gasteiger partial charge in [-0.3, -0.25) is 4.21 Å². The van der Waals surface area contributed by atoms with Crippen LogP contribution in [-0.4, -0.2) is 28.4 Å². The van der Waals surface area contributed by atoms with Crippen molar-refractivity contribution < 1.29 is 8.95 Å². The van der Waals surface area contributed by atoms with Gasteiger partial charge in [-0.1, -0.05) is 13.3 Å². The van der Waals surface area contributed by atoms with Crippen LogP contribution in [0, 0.1) is 0 Å². The van der Waals surface area contributed by atoms with Crippen molar-refractivity contribution in [3.63, 3.8) is 0 Å². The topological polar surface area (TPSA) is 26.3 Å². The molecule has 66 valence electrons. The maximum absolute atomic E-state index is 11.4. The van der Waals surface area contributed by atoms with Crippen LogP contribution in [0.1, 0.15) is 26.2 Å². The van der Waals surface area contributed by atoms with Gasteiger partial charge in [0.25, 0.3) is 0 Å². The summed E-state index contributed by atoms with van der Waals surface area (Å²) in [5.74, 6) is 0.866. The Balaban J connectivity index is 2.17. The number of ether oxygens (including phenoxy) is 1. The van der Waals surface area contributed by atoms with Crippen LogP contribution < -0.4 is 0 Å². The maximum atomic E-state index is 11.4. The van der Waals surface area contributed by atoms with Gasteiger partial charge in [0.05, 0.1) is 11.9 Å². The second kappa shape index (κ2) is 4.88. The Labute approximate surface area is 70.8 Å². The standard InChI is InChI=1S/C8H16O2S/c1-2-3-6-11(9)8-4-5-10-7-8/h8H,2-7H2,1H3. The number of rotatable bonds is 4. The van der Waals surface area contributed by atoms with Crippen molar-refractivity contribution in [2.45, 2.75) is 31.4 Å². The lowest BCUT2D eigenvalue weighted by Gasteiger charge is -2.05. The van der Waals surface area contributed by atoms with E-state index in [4.69, 9.17) is 4.74 Å². The lowest BCUT2D eigenvalue weighted by atomic mass is 10.4. The molecule has 0 bridgehead atoms. The van der Waals surface area contributed by atoms with Crippen LogP contribution in [0.3, 0.4) is 0 Å². The highest BCUT2D eigenvalue weighted by molar-refractivity contribution is 7.85. The first-order chi connectivity index (χ1) is 5.34.